The molecule has 7 rings (SSSR count). The number of pyridine rings is 1. The summed E-state index contributed by atoms with van der Waals surface area (Å²) in [6, 6.07) is 8.13. The standard InChI is InChI=1S/C40H42ClF3N6O8S2/c1-6-22-17-39(22,36(53)49-60(54,55)26-12-13-26)48-33(51)30-16-25(57-34-28-15-23(41)9-14-27(28)31(56-5)18-45-34)19-50(30)35(52)32(38(2,3)4)47-37-46-29(20-59-37)21-7-10-24(11-8-21)58-40(42,43)44/h6-11,14-15,18,20,22,25-26,30,32H,1,12-13,16-17,19H2,2-5H3,(H,46,47)(H,48,51)(H,49,53)/t22-,25-,30+,32-,39-/m1/s1. The minimum atomic E-state index is -4.84. The molecule has 5 atom stereocenters. The van der Waals surface area contributed by atoms with Crippen LogP contribution in [0.2, 0.25) is 5.02 Å². The van der Waals surface area contributed by atoms with Crippen LogP contribution < -0.4 is 29.6 Å². The zero-order chi connectivity index (χ0) is 43.4. The van der Waals surface area contributed by atoms with E-state index in [9.17, 15) is 36.0 Å². The number of sulfonamides is 1. The van der Waals surface area contributed by atoms with Gasteiger partial charge in [0.2, 0.25) is 27.7 Å². The van der Waals surface area contributed by atoms with Gasteiger partial charge < -0.3 is 29.7 Å². The van der Waals surface area contributed by atoms with Crippen LogP contribution in [0.1, 0.15) is 46.5 Å². The van der Waals surface area contributed by atoms with Gasteiger partial charge in [0.1, 0.15) is 35.2 Å². The second-order valence-corrected chi connectivity index (χ2v) is 19.3. The van der Waals surface area contributed by atoms with Crippen molar-refractivity contribution in [3.05, 3.63) is 71.7 Å². The van der Waals surface area contributed by atoms with Gasteiger partial charge >= 0.3 is 6.36 Å². The molecule has 0 unspecified atom stereocenters. The highest BCUT2D eigenvalue weighted by Crippen LogP contribution is 2.46. The van der Waals surface area contributed by atoms with E-state index < -0.39 is 74.4 Å². The lowest BCUT2D eigenvalue weighted by molar-refractivity contribution is -0.274. The van der Waals surface area contributed by atoms with Crippen molar-refractivity contribution in [3.63, 3.8) is 0 Å². The molecule has 1 aliphatic heterocycles. The first-order valence-electron chi connectivity index (χ1n) is 18.9. The quantitative estimate of drug-likeness (QED) is 0.118. The van der Waals surface area contributed by atoms with Gasteiger partial charge in [0.15, 0.2) is 5.13 Å². The average Bonchev–Trinajstić information content (AvgIpc) is 4.07. The summed E-state index contributed by atoms with van der Waals surface area (Å²) < 4.78 is 81.7. The molecule has 0 radical (unpaired) electrons. The summed E-state index contributed by atoms with van der Waals surface area (Å²) in [5.74, 6) is -2.37. The van der Waals surface area contributed by atoms with Crippen LogP contribution in [0, 0.1) is 11.3 Å². The third kappa shape index (κ3) is 9.12. The van der Waals surface area contributed by atoms with E-state index in [4.69, 9.17) is 21.1 Å². The fourth-order valence-electron chi connectivity index (χ4n) is 7.21. The second kappa shape index (κ2) is 16.0. The normalized spacial score (nSPS) is 22.1. The van der Waals surface area contributed by atoms with Crippen LogP contribution in [-0.4, -0.2) is 90.0 Å². The van der Waals surface area contributed by atoms with Crippen molar-refractivity contribution in [2.75, 3.05) is 19.0 Å². The molecular weight excluding hydrogens is 849 g/mol. The number of carbonyl (C=O) groups excluding carboxylic acids is 3. The lowest BCUT2D eigenvalue weighted by Gasteiger charge is -2.35. The predicted molar refractivity (Wildman–Crippen MR) is 218 cm³/mol. The van der Waals surface area contributed by atoms with Crippen LogP contribution in [0.4, 0.5) is 18.3 Å². The van der Waals surface area contributed by atoms with E-state index >= 15 is 0 Å². The summed E-state index contributed by atoms with van der Waals surface area (Å²) in [6.07, 6.45) is -1.74. The Bertz CT molecular complexity index is 2440. The monoisotopic (exact) mass is 890 g/mol. The molecule has 20 heteroatoms. The summed E-state index contributed by atoms with van der Waals surface area (Å²) in [6.45, 7) is 9.16. The van der Waals surface area contributed by atoms with Crippen LogP contribution >= 0.6 is 22.9 Å². The first kappa shape index (κ1) is 43.0. The Morgan fingerprint density at radius 1 is 1.10 bits per heavy atom. The third-order valence-corrected chi connectivity index (χ3v) is 13.5. The van der Waals surface area contributed by atoms with E-state index in [1.807, 2.05) is 20.8 Å². The molecule has 14 nitrogen and oxygen atoms in total. The number of fused-ring (bicyclic) bond motifs is 1. The summed E-state index contributed by atoms with van der Waals surface area (Å²) in [7, 11) is -2.45. The molecule has 2 aromatic carbocycles. The van der Waals surface area contributed by atoms with E-state index in [0.29, 0.717) is 50.8 Å². The number of amides is 3. The van der Waals surface area contributed by atoms with Crippen molar-refractivity contribution in [2.24, 2.45) is 11.3 Å². The number of alkyl halides is 3. The van der Waals surface area contributed by atoms with Crippen LogP contribution in [0.5, 0.6) is 17.4 Å². The van der Waals surface area contributed by atoms with Gasteiger partial charge in [-0.1, -0.05) is 38.4 Å². The van der Waals surface area contributed by atoms with Gasteiger partial charge in [0.05, 0.1) is 30.8 Å². The van der Waals surface area contributed by atoms with Gasteiger partial charge in [-0.05, 0) is 67.1 Å². The fourth-order valence-corrected chi connectivity index (χ4v) is 9.50. The Kier molecular flexibility index (Phi) is 11.5. The van der Waals surface area contributed by atoms with Crippen LogP contribution in [0.15, 0.2) is 66.7 Å². The van der Waals surface area contributed by atoms with Gasteiger partial charge in [0.25, 0.3) is 5.91 Å². The van der Waals surface area contributed by atoms with Crippen molar-refractivity contribution in [1.29, 1.82) is 0 Å². The van der Waals surface area contributed by atoms with Crippen molar-refractivity contribution >= 4 is 66.6 Å². The molecule has 60 heavy (non-hydrogen) atoms. The highest BCUT2D eigenvalue weighted by molar-refractivity contribution is 7.91. The summed E-state index contributed by atoms with van der Waals surface area (Å²) >= 11 is 7.53. The van der Waals surface area contributed by atoms with Crippen molar-refractivity contribution in [2.45, 2.75) is 81.8 Å². The molecule has 0 spiro atoms. The molecule has 3 amide bonds. The number of likely N-dealkylation sites (tertiary alicyclic amines) is 1. The second-order valence-electron chi connectivity index (χ2n) is 16.0. The minimum absolute atomic E-state index is 0.0313. The van der Waals surface area contributed by atoms with Crippen LogP contribution in [0.25, 0.3) is 22.0 Å². The Labute approximate surface area is 352 Å². The zero-order valence-corrected chi connectivity index (χ0v) is 35.2. The van der Waals surface area contributed by atoms with E-state index in [2.05, 4.69) is 36.6 Å². The predicted octanol–water partition coefficient (Wildman–Crippen LogP) is 6.46. The molecule has 3 heterocycles. The fraction of sp³-hybridized carbons (Fsp3) is 0.425. The summed E-state index contributed by atoms with van der Waals surface area (Å²) in [5, 5.41) is 8.94. The number of nitrogens with one attached hydrogen (secondary N) is 3. The summed E-state index contributed by atoms with van der Waals surface area (Å²) in [5.41, 5.74) is -1.45. The van der Waals surface area contributed by atoms with Crippen molar-refractivity contribution in [1.82, 2.24) is 24.9 Å². The molecule has 320 valence electrons. The van der Waals surface area contributed by atoms with E-state index in [0.717, 1.165) is 0 Å². The number of rotatable bonds is 14. The first-order valence-corrected chi connectivity index (χ1v) is 21.7. The van der Waals surface area contributed by atoms with Gasteiger partial charge in [-0.2, -0.15) is 0 Å². The van der Waals surface area contributed by atoms with Gasteiger partial charge in [-0.3, -0.25) is 19.1 Å². The number of anilines is 1. The topological polar surface area (TPSA) is 178 Å². The van der Waals surface area contributed by atoms with Gasteiger partial charge in [0, 0.05) is 39.1 Å². The molecular formula is C40H42ClF3N6O8S2. The number of benzene rings is 2. The smallest absolute Gasteiger partial charge is 0.494 e. The zero-order valence-electron chi connectivity index (χ0n) is 32.8. The molecule has 3 aliphatic rings. The number of nitrogens with zero attached hydrogens (tertiary/aromatic N) is 3. The van der Waals surface area contributed by atoms with E-state index in [1.54, 1.807) is 23.6 Å². The molecule has 4 aromatic rings. The Hall–Kier alpha value is -5.14. The number of ether oxygens (including phenoxy) is 3. The third-order valence-electron chi connectivity index (χ3n) is 10.6. The molecule has 2 aliphatic carbocycles. The molecule has 1 saturated heterocycles. The molecule has 3 fully saturated rings. The lowest BCUT2D eigenvalue weighted by Crippen LogP contribution is -2.58. The maximum absolute atomic E-state index is 14.9. The maximum Gasteiger partial charge on any atom is 0.573 e. The average molecular weight is 891 g/mol. The maximum atomic E-state index is 14.9. The number of thiazole rings is 1. The van der Waals surface area contributed by atoms with Crippen molar-refractivity contribution < 1.29 is 50.2 Å². The number of hydrogen-bond acceptors (Lipinski definition) is 12. The highest BCUT2D eigenvalue weighted by atomic mass is 35.5. The summed E-state index contributed by atoms with van der Waals surface area (Å²) in [4.78, 5) is 53.3. The Balaban J connectivity index is 1.17. The van der Waals surface area contributed by atoms with Crippen LogP contribution in [-0.2, 0) is 24.4 Å². The first-order chi connectivity index (χ1) is 28.2. The molecule has 3 N–H and O–H groups in total. The van der Waals surface area contributed by atoms with Crippen LogP contribution in [0.3, 0.4) is 0 Å². The number of halogens is 4. The van der Waals surface area contributed by atoms with Crippen molar-refractivity contribution in [3.8, 4) is 28.6 Å². The highest BCUT2D eigenvalue weighted by Gasteiger charge is 2.62. The molecule has 2 saturated carbocycles. The number of methoxy groups -OCH3 is 1. The Morgan fingerprint density at radius 2 is 1.82 bits per heavy atom. The largest absolute Gasteiger partial charge is 0.573 e. The molecule has 0 bridgehead atoms. The van der Waals surface area contributed by atoms with E-state index in [-0.39, 0.29) is 31.0 Å². The number of aromatic nitrogens is 2. The van der Waals surface area contributed by atoms with Gasteiger partial charge in [-0.15, -0.1) is 31.1 Å². The lowest BCUT2D eigenvalue weighted by atomic mass is 9.85. The molecule has 2 aromatic heterocycles. The number of hydrogen-bond donors (Lipinski definition) is 3. The number of carbonyl (C=O) groups is 3. The minimum Gasteiger partial charge on any atom is -0.494 e. The SMILES string of the molecule is C=C[C@@H]1C[C@]1(NC(=O)[C@@H]1C[C@@H](Oc2ncc(OC)c3ccc(Cl)cc23)CN1C(=O)[C@@H](Nc1nc(-c2ccc(OC(F)(F)F)cc2)cs1)C(C)(C)C)C(=O)NS(=O)(=O)C1CC1. The Morgan fingerprint density at radius 3 is 2.43 bits per heavy atom. The van der Waals surface area contributed by atoms with Gasteiger partial charge in [-0.25, -0.2) is 18.4 Å². The van der Waals surface area contributed by atoms with E-state index in [1.165, 1.54) is 59.9 Å².